The standard InChI is InChI=1S/C14H18O2/c15-13-9-8-12-11(13)6-3-7-14(12)16-10-4-1-2-5-10/h3,6-7,10,13,15H,1-2,4-5,8-9H2. The molecule has 1 aromatic rings. The number of aliphatic hydroxyl groups excluding tert-OH is 1. The maximum atomic E-state index is 9.81. The minimum absolute atomic E-state index is 0.276. The van der Waals surface area contributed by atoms with Crippen LogP contribution in [0.4, 0.5) is 0 Å². The fraction of sp³-hybridized carbons (Fsp3) is 0.571. The minimum Gasteiger partial charge on any atom is -0.490 e. The molecule has 1 aromatic carbocycles. The third kappa shape index (κ3) is 1.71. The van der Waals surface area contributed by atoms with Crippen LogP contribution < -0.4 is 4.74 Å². The molecule has 86 valence electrons. The molecule has 2 nitrogen and oxygen atoms in total. The molecule has 2 heteroatoms. The molecule has 1 N–H and O–H groups in total. The molecule has 0 bridgehead atoms. The first-order chi connectivity index (χ1) is 7.84. The van der Waals surface area contributed by atoms with Crippen LogP contribution in [0.25, 0.3) is 0 Å². The maximum absolute atomic E-state index is 9.81. The number of rotatable bonds is 2. The monoisotopic (exact) mass is 218 g/mol. The van der Waals surface area contributed by atoms with Crippen molar-refractivity contribution in [1.82, 2.24) is 0 Å². The molecule has 0 spiro atoms. The van der Waals surface area contributed by atoms with Crippen molar-refractivity contribution in [2.75, 3.05) is 0 Å². The van der Waals surface area contributed by atoms with Crippen LogP contribution in [0.3, 0.4) is 0 Å². The molecule has 0 aliphatic heterocycles. The number of aliphatic hydroxyl groups is 1. The van der Waals surface area contributed by atoms with Crippen LogP contribution >= 0.6 is 0 Å². The van der Waals surface area contributed by atoms with Gasteiger partial charge >= 0.3 is 0 Å². The lowest BCUT2D eigenvalue weighted by Gasteiger charge is -2.16. The molecule has 1 atom stereocenters. The van der Waals surface area contributed by atoms with Gasteiger partial charge in [0.15, 0.2) is 0 Å². The van der Waals surface area contributed by atoms with E-state index in [-0.39, 0.29) is 6.10 Å². The second kappa shape index (κ2) is 4.10. The van der Waals surface area contributed by atoms with Gasteiger partial charge in [-0.3, -0.25) is 0 Å². The number of benzene rings is 1. The topological polar surface area (TPSA) is 29.5 Å². The van der Waals surface area contributed by atoms with Gasteiger partial charge in [0.2, 0.25) is 0 Å². The molecule has 0 saturated heterocycles. The highest BCUT2D eigenvalue weighted by Crippen LogP contribution is 2.38. The first-order valence-electron chi connectivity index (χ1n) is 6.31. The summed E-state index contributed by atoms with van der Waals surface area (Å²) in [6.45, 7) is 0. The van der Waals surface area contributed by atoms with E-state index in [1.165, 1.54) is 31.2 Å². The number of ether oxygens (including phenoxy) is 1. The summed E-state index contributed by atoms with van der Waals surface area (Å²) >= 11 is 0. The van der Waals surface area contributed by atoms with Gasteiger partial charge in [0.25, 0.3) is 0 Å². The van der Waals surface area contributed by atoms with Crippen LogP contribution in [0.2, 0.25) is 0 Å². The van der Waals surface area contributed by atoms with Crippen molar-refractivity contribution < 1.29 is 9.84 Å². The SMILES string of the molecule is OC1CCc2c(OC3CCCC3)cccc21. The van der Waals surface area contributed by atoms with Crippen LogP contribution in [0.15, 0.2) is 18.2 Å². The Labute approximate surface area is 96.2 Å². The van der Waals surface area contributed by atoms with Crippen molar-refractivity contribution in [1.29, 1.82) is 0 Å². The van der Waals surface area contributed by atoms with E-state index in [9.17, 15) is 5.11 Å². The molecule has 2 aliphatic carbocycles. The van der Waals surface area contributed by atoms with Gasteiger partial charge in [-0.15, -0.1) is 0 Å². The molecule has 0 amide bonds. The average Bonchev–Trinajstić information content (AvgIpc) is 2.90. The van der Waals surface area contributed by atoms with Crippen LogP contribution in [0.5, 0.6) is 5.75 Å². The number of hydrogen-bond acceptors (Lipinski definition) is 2. The first-order valence-corrected chi connectivity index (χ1v) is 6.31. The van der Waals surface area contributed by atoms with Crippen LogP contribution in [0.1, 0.15) is 49.3 Å². The van der Waals surface area contributed by atoms with Crippen molar-refractivity contribution >= 4 is 0 Å². The van der Waals surface area contributed by atoms with Crippen molar-refractivity contribution in [3.63, 3.8) is 0 Å². The quantitative estimate of drug-likeness (QED) is 0.827. The first kappa shape index (κ1) is 10.2. The Kier molecular flexibility index (Phi) is 2.60. The predicted octanol–water partition coefficient (Wildman–Crippen LogP) is 2.99. The van der Waals surface area contributed by atoms with Gasteiger partial charge in [0.1, 0.15) is 5.75 Å². The largest absolute Gasteiger partial charge is 0.490 e. The third-order valence-electron chi connectivity index (χ3n) is 3.79. The fourth-order valence-electron chi connectivity index (χ4n) is 2.90. The summed E-state index contributed by atoms with van der Waals surface area (Å²) in [6.07, 6.45) is 6.90. The molecule has 2 aliphatic rings. The predicted molar refractivity (Wildman–Crippen MR) is 62.6 cm³/mol. The van der Waals surface area contributed by atoms with Gasteiger partial charge in [0, 0.05) is 5.56 Å². The van der Waals surface area contributed by atoms with Crippen molar-refractivity contribution in [2.24, 2.45) is 0 Å². The van der Waals surface area contributed by atoms with E-state index in [1.54, 1.807) is 0 Å². The molecule has 0 heterocycles. The Morgan fingerprint density at radius 3 is 2.75 bits per heavy atom. The normalized spacial score (nSPS) is 24.7. The van der Waals surface area contributed by atoms with E-state index in [4.69, 9.17) is 4.74 Å². The van der Waals surface area contributed by atoms with Crippen molar-refractivity contribution in [2.45, 2.75) is 50.7 Å². The molecular formula is C14H18O2. The molecule has 3 rings (SSSR count). The Balaban J connectivity index is 1.84. The van der Waals surface area contributed by atoms with E-state index in [0.717, 1.165) is 24.2 Å². The molecule has 1 unspecified atom stereocenters. The maximum Gasteiger partial charge on any atom is 0.123 e. The summed E-state index contributed by atoms with van der Waals surface area (Å²) < 4.78 is 6.06. The lowest BCUT2D eigenvalue weighted by molar-refractivity contribution is 0.180. The van der Waals surface area contributed by atoms with Crippen LogP contribution in [-0.2, 0) is 6.42 Å². The van der Waals surface area contributed by atoms with Gasteiger partial charge in [-0.05, 0) is 50.2 Å². The molecule has 1 fully saturated rings. The van der Waals surface area contributed by atoms with E-state index in [2.05, 4.69) is 6.07 Å². The Hall–Kier alpha value is -1.02. The van der Waals surface area contributed by atoms with Gasteiger partial charge in [0.05, 0.1) is 12.2 Å². The van der Waals surface area contributed by atoms with Gasteiger partial charge in [-0.2, -0.15) is 0 Å². The lowest BCUT2D eigenvalue weighted by Crippen LogP contribution is -2.12. The summed E-state index contributed by atoms with van der Waals surface area (Å²) in [4.78, 5) is 0. The Morgan fingerprint density at radius 1 is 1.12 bits per heavy atom. The number of fused-ring (bicyclic) bond motifs is 1. The highest BCUT2D eigenvalue weighted by molar-refractivity contribution is 5.44. The van der Waals surface area contributed by atoms with E-state index < -0.39 is 0 Å². The lowest BCUT2D eigenvalue weighted by atomic mass is 10.1. The minimum atomic E-state index is -0.276. The zero-order chi connectivity index (χ0) is 11.0. The highest BCUT2D eigenvalue weighted by Gasteiger charge is 2.25. The second-order valence-electron chi connectivity index (χ2n) is 4.90. The molecule has 0 radical (unpaired) electrons. The molecule has 0 aromatic heterocycles. The van der Waals surface area contributed by atoms with Crippen molar-refractivity contribution in [3.8, 4) is 5.75 Å². The second-order valence-corrected chi connectivity index (χ2v) is 4.90. The zero-order valence-electron chi connectivity index (χ0n) is 9.48. The zero-order valence-corrected chi connectivity index (χ0v) is 9.48. The van der Waals surface area contributed by atoms with Crippen LogP contribution in [-0.4, -0.2) is 11.2 Å². The molecule has 1 saturated carbocycles. The summed E-state index contributed by atoms with van der Waals surface area (Å²) in [5, 5.41) is 9.81. The summed E-state index contributed by atoms with van der Waals surface area (Å²) in [6, 6.07) is 6.07. The van der Waals surface area contributed by atoms with Crippen molar-refractivity contribution in [3.05, 3.63) is 29.3 Å². The smallest absolute Gasteiger partial charge is 0.123 e. The van der Waals surface area contributed by atoms with E-state index in [1.807, 2.05) is 12.1 Å². The Morgan fingerprint density at radius 2 is 1.94 bits per heavy atom. The average molecular weight is 218 g/mol. The summed E-state index contributed by atoms with van der Waals surface area (Å²) in [7, 11) is 0. The summed E-state index contributed by atoms with van der Waals surface area (Å²) in [5.74, 6) is 1.01. The highest BCUT2D eigenvalue weighted by atomic mass is 16.5. The van der Waals surface area contributed by atoms with Crippen LogP contribution in [0, 0.1) is 0 Å². The van der Waals surface area contributed by atoms with E-state index >= 15 is 0 Å². The summed E-state index contributed by atoms with van der Waals surface area (Å²) in [5.41, 5.74) is 2.32. The van der Waals surface area contributed by atoms with Gasteiger partial charge in [-0.1, -0.05) is 12.1 Å². The van der Waals surface area contributed by atoms with Gasteiger partial charge in [-0.25, -0.2) is 0 Å². The van der Waals surface area contributed by atoms with E-state index in [0.29, 0.717) is 6.10 Å². The van der Waals surface area contributed by atoms with Gasteiger partial charge < -0.3 is 9.84 Å². The third-order valence-corrected chi connectivity index (χ3v) is 3.79. The molecular weight excluding hydrogens is 200 g/mol. The molecule has 16 heavy (non-hydrogen) atoms. The number of hydrogen-bond donors (Lipinski definition) is 1. The fourth-order valence-corrected chi connectivity index (χ4v) is 2.90. The Bertz CT molecular complexity index is 380.